The van der Waals surface area contributed by atoms with Gasteiger partial charge < -0.3 is 4.52 Å². The van der Waals surface area contributed by atoms with Gasteiger partial charge in [-0.15, -0.1) is 0 Å². The van der Waals surface area contributed by atoms with E-state index in [9.17, 15) is 9.36 Å². The molecule has 66 valence electrons. The van der Waals surface area contributed by atoms with Crippen LogP contribution in [0.3, 0.4) is 0 Å². The van der Waals surface area contributed by atoms with E-state index in [1.54, 1.807) is 6.92 Å². The summed E-state index contributed by atoms with van der Waals surface area (Å²) in [7, 11) is 0. The van der Waals surface area contributed by atoms with E-state index in [2.05, 4.69) is 0 Å². The molecule has 0 N–H and O–H groups in total. The van der Waals surface area contributed by atoms with Crippen molar-refractivity contribution in [3.05, 3.63) is 0 Å². The number of Topliss-reactive ketones (excluding diaryl/α,β-unsaturated/α-hetero) is 1. The van der Waals surface area contributed by atoms with Crippen molar-refractivity contribution in [3.8, 4) is 0 Å². The lowest BCUT2D eigenvalue weighted by molar-refractivity contribution is -0.114. The Morgan fingerprint density at radius 2 is 2.18 bits per heavy atom. The van der Waals surface area contributed by atoms with E-state index in [-0.39, 0.29) is 11.5 Å². The fourth-order valence-electron chi connectivity index (χ4n) is 0.480. The van der Waals surface area contributed by atoms with Crippen molar-refractivity contribution in [3.63, 3.8) is 0 Å². The molecule has 0 aromatic carbocycles. The predicted octanol–water partition coefficient (Wildman–Crippen LogP) is 2.17. The molecule has 0 rings (SSSR count). The van der Waals surface area contributed by atoms with Crippen molar-refractivity contribution in [1.29, 1.82) is 0 Å². The Morgan fingerprint density at radius 3 is 2.55 bits per heavy atom. The van der Waals surface area contributed by atoms with E-state index in [0.29, 0.717) is 6.61 Å². The summed E-state index contributed by atoms with van der Waals surface area (Å²) in [5.74, 6) is 0.296. The van der Waals surface area contributed by atoms with Crippen LogP contribution < -0.4 is 0 Å². The summed E-state index contributed by atoms with van der Waals surface area (Å²) in [5.41, 5.74) is 0. The van der Waals surface area contributed by atoms with E-state index in [4.69, 9.17) is 4.52 Å². The zero-order valence-electron chi connectivity index (χ0n) is 6.99. The van der Waals surface area contributed by atoms with E-state index in [0.717, 1.165) is 11.4 Å². The average molecular weight is 196 g/mol. The average Bonchev–Trinajstić information content (AvgIpc) is 1.84. The maximum absolute atomic E-state index is 11.3. The fourth-order valence-corrected chi connectivity index (χ4v) is 3.23. The largest absolute Gasteiger partial charge is 0.322 e. The SMILES string of the molecule is CCOP(C)(=O)SCC(C)=O. The molecular formula is C6H13O3PS. The number of hydrogen-bond acceptors (Lipinski definition) is 4. The lowest BCUT2D eigenvalue weighted by Crippen LogP contribution is -1.94. The summed E-state index contributed by atoms with van der Waals surface area (Å²) in [4.78, 5) is 10.5. The molecule has 0 radical (unpaired) electrons. The van der Waals surface area contributed by atoms with Gasteiger partial charge in [-0.05, 0) is 13.8 Å². The molecule has 0 saturated carbocycles. The summed E-state index contributed by atoms with van der Waals surface area (Å²) in [6.45, 7) is 2.66. The van der Waals surface area contributed by atoms with Crippen LogP contribution in [0.5, 0.6) is 0 Å². The molecule has 0 aliphatic heterocycles. The topological polar surface area (TPSA) is 43.4 Å². The monoisotopic (exact) mass is 196 g/mol. The van der Waals surface area contributed by atoms with Crippen LogP contribution in [-0.4, -0.2) is 24.8 Å². The standard InChI is InChI=1S/C6H13O3PS/c1-4-9-10(3,8)11-5-6(2)7/h4-5H2,1-3H3. The third-order valence-electron chi connectivity index (χ3n) is 0.866. The van der Waals surface area contributed by atoms with Crippen LogP contribution in [0.2, 0.25) is 0 Å². The molecule has 1 unspecified atom stereocenters. The maximum Gasteiger partial charge on any atom is 0.255 e. The van der Waals surface area contributed by atoms with Gasteiger partial charge in [0.2, 0.25) is 0 Å². The summed E-state index contributed by atoms with van der Waals surface area (Å²) in [6.07, 6.45) is 0. The van der Waals surface area contributed by atoms with Crippen LogP contribution in [-0.2, 0) is 13.9 Å². The minimum atomic E-state index is -2.55. The molecular weight excluding hydrogens is 183 g/mol. The molecule has 0 aromatic rings. The van der Waals surface area contributed by atoms with Gasteiger partial charge in [0, 0.05) is 6.66 Å². The first-order valence-corrected chi connectivity index (χ1v) is 7.00. The molecule has 0 heterocycles. The first-order chi connectivity index (χ1) is 4.98. The van der Waals surface area contributed by atoms with Gasteiger partial charge in [-0.3, -0.25) is 9.36 Å². The molecule has 1 atom stereocenters. The van der Waals surface area contributed by atoms with Crippen molar-refractivity contribution in [1.82, 2.24) is 0 Å². The summed E-state index contributed by atoms with van der Waals surface area (Å²) >= 11 is 1.10. The molecule has 0 bridgehead atoms. The molecule has 3 nitrogen and oxygen atoms in total. The Balaban J connectivity index is 3.73. The molecule has 0 spiro atoms. The van der Waals surface area contributed by atoms with Crippen molar-refractivity contribution in [2.45, 2.75) is 13.8 Å². The van der Waals surface area contributed by atoms with E-state index in [1.807, 2.05) is 0 Å². The van der Waals surface area contributed by atoms with E-state index in [1.165, 1.54) is 13.6 Å². The Bertz CT molecular complexity index is 181. The third-order valence-corrected chi connectivity index (χ3v) is 4.71. The van der Waals surface area contributed by atoms with E-state index >= 15 is 0 Å². The zero-order chi connectivity index (χ0) is 8.91. The Morgan fingerprint density at radius 1 is 1.64 bits per heavy atom. The third kappa shape index (κ3) is 6.60. The molecule has 5 heteroatoms. The van der Waals surface area contributed by atoms with Crippen LogP contribution >= 0.6 is 18.0 Å². The minimum Gasteiger partial charge on any atom is -0.322 e. The van der Waals surface area contributed by atoms with Crippen LogP contribution in [0.4, 0.5) is 0 Å². The summed E-state index contributed by atoms with van der Waals surface area (Å²) in [5, 5.41) is 0. The van der Waals surface area contributed by atoms with Gasteiger partial charge in [0.05, 0.1) is 12.4 Å². The van der Waals surface area contributed by atoms with Crippen molar-refractivity contribution in [2.75, 3.05) is 19.0 Å². The molecule has 0 amide bonds. The Hall–Kier alpha value is 0.210. The van der Waals surface area contributed by atoms with Gasteiger partial charge in [-0.2, -0.15) is 0 Å². The second-order valence-corrected chi connectivity index (χ2v) is 7.28. The number of carbonyl (C=O) groups is 1. The lowest BCUT2D eigenvalue weighted by Gasteiger charge is -2.09. The van der Waals surface area contributed by atoms with Crippen molar-refractivity contribution >= 4 is 23.7 Å². The predicted molar refractivity (Wildman–Crippen MR) is 48.3 cm³/mol. The molecule has 0 aliphatic rings. The number of ketones is 1. The quantitative estimate of drug-likeness (QED) is 0.632. The second kappa shape index (κ2) is 4.96. The van der Waals surface area contributed by atoms with Crippen molar-refractivity contribution in [2.24, 2.45) is 0 Å². The van der Waals surface area contributed by atoms with Crippen LogP contribution in [0.25, 0.3) is 0 Å². The Labute approximate surface area is 71.1 Å². The molecule has 0 aromatic heterocycles. The van der Waals surface area contributed by atoms with Crippen LogP contribution in [0.15, 0.2) is 0 Å². The highest BCUT2D eigenvalue weighted by Gasteiger charge is 2.15. The number of carbonyl (C=O) groups excluding carboxylic acids is 1. The zero-order valence-corrected chi connectivity index (χ0v) is 8.71. The first kappa shape index (κ1) is 11.2. The second-order valence-electron chi connectivity index (χ2n) is 2.16. The number of rotatable bonds is 5. The number of hydrogen-bond donors (Lipinski definition) is 0. The highest BCUT2D eigenvalue weighted by Crippen LogP contribution is 2.55. The first-order valence-electron chi connectivity index (χ1n) is 3.34. The van der Waals surface area contributed by atoms with Crippen molar-refractivity contribution < 1.29 is 13.9 Å². The molecule has 11 heavy (non-hydrogen) atoms. The summed E-state index contributed by atoms with van der Waals surface area (Å²) in [6, 6.07) is 0. The normalized spacial score (nSPS) is 15.9. The molecule has 0 fully saturated rings. The minimum absolute atomic E-state index is 0.0248. The Kier molecular flexibility index (Phi) is 5.06. The van der Waals surface area contributed by atoms with Gasteiger partial charge in [-0.25, -0.2) is 0 Å². The van der Waals surface area contributed by atoms with Crippen LogP contribution in [0.1, 0.15) is 13.8 Å². The fraction of sp³-hybridized carbons (Fsp3) is 0.833. The molecule has 0 saturated heterocycles. The van der Waals surface area contributed by atoms with E-state index < -0.39 is 6.57 Å². The van der Waals surface area contributed by atoms with Gasteiger partial charge >= 0.3 is 0 Å². The molecule has 0 aliphatic carbocycles. The maximum atomic E-state index is 11.3. The van der Waals surface area contributed by atoms with Gasteiger partial charge in [-0.1, -0.05) is 11.4 Å². The van der Waals surface area contributed by atoms with Gasteiger partial charge in [0.1, 0.15) is 5.78 Å². The highest BCUT2D eigenvalue weighted by atomic mass is 32.7. The van der Waals surface area contributed by atoms with Gasteiger partial charge in [0.25, 0.3) is 6.57 Å². The smallest absolute Gasteiger partial charge is 0.255 e. The summed E-state index contributed by atoms with van der Waals surface area (Å²) < 4.78 is 16.3. The lowest BCUT2D eigenvalue weighted by atomic mass is 10.5. The highest BCUT2D eigenvalue weighted by molar-refractivity contribution is 8.56. The van der Waals surface area contributed by atoms with Gasteiger partial charge in [0.15, 0.2) is 0 Å². The van der Waals surface area contributed by atoms with Crippen LogP contribution in [0, 0.1) is 0 Å².